The average Bonchev–Trinajstić information content (AvgIpc) is 3.09. The highest BCUT2D eigenvalue weighted by Gasteiger charge is 2.29. The van der Waals surface area contributed by atoms with Gasteiger partial charge in [0.05, 0.1) is 22.8 Å². The molecule has 1 unspecified atom stereocenters. The van der Waals surface area contributed by atoms with Gasteiger partial charge in [0.25, 0.3) is 5.91 Å². The molecule has 1 atom stereocenters. The number of likely N-dealkylation sites (tertiary alicyclic amines) is 1. The topological polar surface area (TPSA) is 51.0 Å². The SMILES string of the molecule is O=C(c1ccc(Cl)cc1Cl)N1CCC(n2ccnn2)C1. The van der Waals surface area contributed by atoms with Crippen molar-refractivity contribution in [3.05, 3.63) is 46.2 Å². The standard InChI is InChI=1S/C13H12Cl2N4O/c14-9-1-2-11(12(15)7-9)13(20)18-5-3-10(8-18)19-6-4-16-17-19/h1-2,4,6-7,10H,3,5,8H2. The molecular formula is C13H12Cl2N4O. The van der Waals surface area contributed by atoms with Crippen LogP contribution >= 0.6 is 23.2 Å². The lowest BCUT2D eigenvalue weighted by Gasteiger charge is -2.17. The van der Waals surface area contributed by atoms with E-state index in [1.165, 1.54) is 0 Å². The van der Waals surface area contributed by atoms with Crippen LogP contribution in [0.4, 0.5) is 0 Å². The summed E-state index contributed by atoms with van der Waals surface area (Å²) in [5, 5.41) is 8.67. The molecule has 1 aliphatic heterocycles. The first-order chi connectivity index (χ1) is 9.65. The number of amides is 1. The van der Waals surface area contributed by atoms with Gasteiger partial charge in [-0.15, -0.1) is 5.10 Å². The minimum atomic E-state index is -0.0747. The molecule has 0 radical (unpaired) electrons. The molecule has 104 valence electrons. The van der Waals surface area contributed by atoms with Gasteiger partial charge in [-0.2, -0.15) is 0 Å². The third-order valence-electron chi connectivity index (χ3n) is 3.43. The van der Waals surface area contributed by atoms with Crippen LogP contribution < -0.4 is 0 Å². The van der Waals surface area contributed by atoms with Crippen LogP contribution in [0, 0.1) is 0 Å². The molecule has 0 spiro atoms. The Morgan fingerprint density at radius 2 is 2.20 bits per heavy atom. The van der Waals surface area contributed by atoms with Crippen molar-refractivity contribution in [3.8, 4) is 0 Å². The average molecular weight is 311 g/mol. The van der Waals surface area contributed by atoms with E-state index in [1.54, 1.807) is 34.0 Å². The second-order valence-corrected chi connectivity index (χ2v) is 5.54. The summed E-state index contributed by atoms with van der Waals surface area (Å²) in [6.07, 6.45) is 4.31. The van der Waals surface area contributed by atoms with Crippen molar-refractivity contribution in [2.75, 3.05) is 13.1 Å². The lowest BCUT2D eigenvalue weighted by atomic mass is 10.2. The summed E-state index contributed by atoms with van der Waals surface area (Å²) in [5.74, 6) is -0.0747. The number of carbonyl (C=O) groups excluding carboxylic acids is 1. The van der Waals surface area contributed by atoms with E-state index in [1.807, 2.05) is 6.20 Å². The van der Waals surface area contributed by atoms with Crippen LogP contribution in [-0.4, -0.2) is 38.9 Å². The van der Waals surface area contributed by atoms with Crippen LogP contribution in [0.1, 0.15) is 22.8 Å². The van der Waals surface area contributed by atoms with Crippen molar-refractivity contribution in [1.29, 1.82) is 0 Å². The lowest BCUT2D eigenvalue weighted by molar-refractivity contribution is 0.0787. The summed E-state index contributed by atoms with van der Waals surface area (Å²) < 4.78 is 1.79. The Hall–Kier alpha value is -1.59. The molecular weight excluding hydrogens is 299 g/mol. The molecule has 1 saturated heterocycles. The molecule has 0 saturated carbocycles. The van der Waals surface area contributed by atoms with Crippen molar-refractivity contribution in [2.24, 2.45) is 0 Å². The monoisotopic (exact) mass is 310 g/mol. The van der Waals surface area contributed by atoms with E-state index < -0.39 is 0 Å². The number of rotatable bonds is 2. The number of aromatic nitrogens is 3. The molecule has 1 aliphatic rings. The molecule has 1 aromatic heterocycles. The molecule has 2 heterocycles. The number of nitrogens with zero attached hydrogens (tertiary/aromatic N) is 4. The maximum absolute atomic E-state index is 12.4. The van der Waals surface area contributed by atoms with Crippen LogP contribution in [0.15, 0.2) is 30.6 Å². The molecule has 5 nitrogen and oxygen atoms in total. The van der Waals surface area contributed by atoms with Crippen LogP contribution in [0.3, 0.4) is 0 Å². The summed E-state index contributed by atoms with van der Waals surface area (Å²) in [5.41, 5.74) is 0.482. The van der Waals surface area contributed by atoms with Crippen molar-refractivity contribution >= 4 is 29.1 Å². The van der Waals surface area contributed by atoms with Crippen molar-refractivity contribution in [1.82, 2.24) is 19.9 Å². The van der Waals surface area contributed by atoms with Gasteiger partial charge in [-0.25, -0.2) is 4.68 Å². The van der Waals surface area contributed by atoms with E-state index in [4.69, 9.17) is 23.2 Å². The number of hydrogen-bond donors (Lipinski definition) is 0. The summed E-state index contributed by atoms with van der Waals surface area (Å²) in [6, 6.07) is 5.09. The fraction of sp³-hybridized carbons (Fsp3) is 0.308. The minimum Gasteiger partial charge on any atom is -0.336 e. The van der Waals surface area contributed by atoms with E-state index in [0.29, 0.717) is 28.7 Å². The summed E-state index contributed by atoms with van der Waals surface area (Å²) in [6.45, 7) is 1.30. The van der Waals surface area contributed by atoms with Crippen LogP contribution in [0.25, 0.3) is 0 Å². The smallest absolute Gasteiger partial charge is 0.255 e. The Morgan fingerprint density at radius 1 is 1.35 bits per heavy atom. The first-order valence-corrected chi connectivity index (χ1v) is 7.01. The number of benzene rings is 1. The molecule has 0 bridgehead atoms. The van der Waals surface area contributed by atoms with Gasteiger partial charge >= 0.3 is 0 Å². The molecule has 20 heavy (non-hydrogen) atoms. The van der Waals surface area contributed by atoms with Crippen molar-refractivity contribution in [3.63, 3.8) is 0 Å². The van der Waals surface area contributed by atoms with Crippen LogP contribution in [0.2, 0.25) is 10.0 Å². The summed E-state index contributed by atoms with van der Waals surface area (Å²) in [4.78, 5) is 14.2. The first kappa shape index (κ1) is 13.4. The van der Waals surface area contributed by atoms with Gasteiger partial charge in [0.15, 0.2) is 0 Å². The number of hydrogen-bond acceptors (Lipinski definition) is 3. The second-order valence-electron chi connectivity index (χ2n) is 4.70. The Balaban J connectivity index is 1.76. The molecule has 7 heteroatoms. The summed E-state index contributed by atoms with van der Waals surface area (Å²) >= 11 is 11.9. The third kappa shape index (κ3) is 2.51. The van der Waals surface area contributed by atoms with Crippen molar-refractivity contribution < 1.29 is 4.79 Å². The van der Waals surface area contributed by atoms with Gasteiger partial charge in [0.2, 0.25) is 0 Å². The molecule has 2 aromatic rings. The quantitative estimate of drug-likeness (QED) is 0.857. The van der Waals surface area contributed by atoms with E-state index in [9.17, 15) is 4.79 Å². The van der Waals surface area contributed by atoms with E-state index in [-0.39, 0.29) is 11.9 Å². The Bertz CT molecular complexity index is 629. The zero-order valence-corrected chi connectivity index (χ0v) is 12.1. The normalized spacial score (nSPS) is 18.5. The Kier molecular flexibility index (Phi) is 3.63. The Labute approximate surface area is 126 Å². The Morgan fingerprint density at radius 3 is 2.90 bits per heavy atom. The maximum Gasteiger partial charge on any atom is 0.255 e. The molecule has 1 amide bonds. The molecule has 1 fully saturated rings. The highest BCUT2D eigenvalue weighted by molar-refractivity contribution is 6.36. The van der Waals surface area contributed by atoms with E-state index in [0.717, 1.165) is 6.42 Å². The third-order valence-corrected chi connectivity index (χ3v) is 3.98. The number of carbonyl (C=O) groups is 1. The summed E-state index contributed by atoms with van der Waals surface area (Å²) in [7, 11) is 0. The minimum absolute atomic E-state index is 0.0747. The number of halogens is 2. The maximum atomic E-state index is 12.4. The second kappa shape index (κ2) is 5.42. The van der Waals surface area contributed by atoms with Gasteiger partial charge in [-0.1, -0.05) is 28.4 Å². The van der Waals surface area contributed by atoms with Gasteiger partial charge in [0, 0.05) is 24.3 Å². The van der Waals surface area contributed by atoms with Gasteiger partial charge in [-0.3, -0.25) is 4.79 Å². The van der Waals surface area contributed by atoms with Gasteiger partial charge < -0.3 is 4.90 Å². The molecule has 3 rings (SSSR count). The largest absolute Gasteiger partial charge is 0.336 e. The highest BCUT2D eigenvalue weighted by atomic mass is 35.5. The van der Waals surface area contributed by atoms with Crippen molar-refractivity contribution in [2.45, 2.75) is 12.5 Å². The highest BCUT2D eigenvalue weighted by Crippen LogP contribution is 2.26. The lowest BCUT2D eigenvalue weighted by Crippen LogP contribution is -2.29. The fourth-order valence-electron chi connectivity index (χ4n) is 2.39. The van der Waals surface area contributed by atoms with Gasteiger partial charge in [0.1, 0.15) is 0 Å². The van der Waals surface area contributed by atoms with Crippen LogP contribution in [0.5, 0.6) is 0 Å². The van der Waals surface area contributed by atoms with Crippen LogP contribution in [-0.2, 0) is 0 Å². The molecule has 0 N–H and O–H groups in total. The van der Waals surface area contributed by atoms with Gasteiger partial charge in [-0.05, 0) is 24.6 Å². The van der Waals surface area contributed by atoms with E-state index in [2.05, 4.69) is 10.3 Å². The zero-order valence-electron chi connectivity index (χ0n) is 10.5. The zero-order chi connectivity index (χ0) is 14.1. The fourth-order valence-corrected chi connectivity index (χ4v) is 2.88. The van der Waals surface area contributed by atoms with E-state index >= 15 is 0 Å². The molecule has 1 aromatic carbocycles. The predicted octanol–water partition coefficient (Wildman–Crippen LogP) is 2.67. The first-order valence-electron chi connectivity index (χ1n) is 6.25. The molecule has 0 aliphatic carbocycles. The predicted molar refractivity (Wildman–Crippen MR) is 76.0 cm³/mol.